The van der Waals surface area contributed by atoms with Gasteiger partial charge in [0.05, 0.1) is 13.2 Å². The number of hydrogen-bond donors (Lipinski definition) is 1. The lowest BCUT2D eigenvalue weighted by Gasteiger charge is -2.20. The first-order valence-electron chi connectivity index (χ1n) is 7.15. The number of carbonyl (C=O) groups excluding carboxylic acids is 2. The van der Waals surface area contributed by atoms with Crippen LogP contribution in [-0.2, 0) is 16.1 Å². The fourth-order valence-corrected chi connectivity index (χ4v) is 2.88. The number of nitrogens with one attached hydrogen (secondary N) is 1. The maximum atomic E-state index is 12.5. The zero-order valence-corrected chi connectivity index (χ0v) is 12.6. The van der Waals surface area contributed by atoms with E-state index in [4.69, 9.17) is 4.74 Å². The van der Waals surface area contributed by atoms with Crippen molar-refractivity contribution >= 4 is 22.7 Å². The van der Waals surface area contributed by atoms with Crippen molar-refractivity contribution in [3.8, 4) is 0 Å². The third-order valence-corrected chi connectivity index (χ3v) is 3.99. The zero-order chi connectivity index (χ0) is 15.7. The van der Waals surface area contributed by atoms with E-state index in [-0.39, 0.29) is 25.1 Å². The molecule has 0 bridgehead atoms. The van der Waals surface area contributed by atoms with Crippen LogP contribution in [0.4, 0.5) is 4.79 Å². The number of fused-ring (bicyclic) bond motifs is 1. The number of methoxy groups -OCH3 is 1. The molecule has 1 atom stereocenters. The highest BCUT2D eigenvalue weighted by Crippen LogP contribution is 2.24. The standard InChI is InChI=1S/C17H18N2O3/c1-17(11-22-2)15(20)19(16(21)18-17)10-13-8-5-7-12-6-3-4-9-14(12)13/h3-9H,10-11H2,1-2H3,(H,18,21). The SMILES string of the molecule is COCC1(C)NC(=O)N(Cc2cccc3ccccc23)C1=O. The lowest BCUT2D eigenvalue weighted by atomic mass is 10.0. The second-order valence-corrected chi connectivity index (χ2v) is 5.72. The Kier molecular flexibility index (Phi) is 3.58. The van der Waals surface area contributed by atoms with E-state index in [1.54, 1.807) is 6.92 Å². The van der Waals surface area contributed by atoms with E-state index in [9.17, 15) is 9.59 Å². The van der Waals surface area contributed by atoms with Crippen molar-refractivity contribution < 1.29 is 14.3 Å². The molecule has 1 heterocycles. The molecule has 1 N–H and O–H groups in total. The summed E-state index contributed by atoms with van der Waals surface area (Å²) >= 11 is 0. The lowest BCUT2D eigenvalue weighted by Crippen LogP contribution is -2.47. The minimum atomic E-state index is -0.990. The fraction of sp³-hybridized carbons (Fsp3) is 0.294. The van der Waals surface area contributed by atoms with Crippen LogP contribution in [0.5, 0.6) is 0 Å². The van der Waals surface area contributed by atoms with Gasteiger partial charge in [0.25, 0.3) is 5.91 Å². The number of imide groups is 1. The molecule has 5 heteroatoms. The van der Waals surface area contributed by atoms with Crippen LogP contribution in [-0.4, -0.2) is 36.1 Å². The van der Waals surface area contributed by atoms with Crippen molar-refractivity contribution in [2.24, 2.45) is 0 Å². The number of ether oxygens (including phenoxy) is 1. The normalized spacial score (nSPS) is 21.5. The quantitative estimate of drug-likeness (QED) is 0.881. The summed E-state index contributed by atoms with van der Waals surface area (Å²) in [6.45, 7) is 2.09. The van der Waals surface area contributed by atoms with E-state index < -0.39 is 5.54 Å². The van der Waals surface area contributed by atoms with Crippen LogP contribution < -0.4 is 5.32 Å². The number of hydrogen-bond acceptors (Lipinski definition) is 3. The molecule has 1 fully saturated rings. The molecule has 1 unspecified atom stereocenters. The minimum absolute atomic E-state index is 0.156. The molecule has 1 aliphatic heterocycles. The molecule has 2 aromatic rings. The summed E-state index contributed by atoms with van der Waals surface area (Å²) in [5, 5.41) is 4.85. The molecule has 0 radical (unpaired) electrons. The lowest BCUT2D eigenvalue weighted by molar-refractivity contribution is -0.132. The average molecular weight is 298 g/mol. The topological polar surface area (TPSA) is 58.6 Å². The molecule has 22 heavy (non-hydrogen) atoms. The summed E-state index contributed by atoms with van der Waals surface area (Å²) in [7, 11) is 1.51. The van der Waals surface area contributed by atoms with E-state index in [1.165, 1.54) is 12.0 Å². The molecule has 0 spiro atoms. The van der Waals surface area contributed by atoms with Crippen LogP contribution in [0.25, 0.3) is 10.8 Å². The van der Waals surface area contributed by atoms with Crippen molar-refractivity contribution in [1.29, 1.82) is 0 Å². The molecule has 1 aliphatic rings. The van der Waals surface area contributed by atoms with Crippen molar-refractivity contribution in [2.45, 2.75) is 19.0 Å². The maximum absolute atomic E-state index is 12.5. The van der Waals surface area contributed by atoms with Gasteiger partial charge in [-0.15, -0.1) is 0 Å². The second kappa shape index (κ2) is 5.42. The Morgan fingerprint density at radius 1 is 1.14 bits per heavy atom. The van der Waals surface area contributed by atoms with Crippen molar-refractivity contribution in [3.05, 3.63) is 48.0 Å². The highest BCUT2D eigenvalue weighted by molar-refractivity contribution is 6.07. The predicted octanol–water partition coefficient (Wildman–Crippen LogP) is 2.30. The van der Waals surface area contributed by atoms with E-state index in [0.29, 0.717) is 0 Å². The Morgan fingerprint density at radius 3 is 2.64 bits per heavy atom. The summed E-state index contributed by atoms with van der Waals surface area (Å²) < 4.78 is 5.05. The first-order chi connectivity index (χ1) is 10.5. The third-order valence-electron chi connectivity index (χ3n) is 3.99. The van der Waals surface area contributed by atoms with Crippen LogP contribution in [0.3, 0.4) is 0 Å². The molecular weight excluding hydrogens is 280 g/mol. The number of rotatable bonds is 4. The predicted molar refractivity (Wildman–Crippen MR) is 83.3 cm³/mol. The Bertz CT molecular complexity index is 738. The molecule has 114 valence electrons. The van der Waals surface area contributed by atoms with Gasteiger partial charge in [-0.25, -0.2) is 4.79 Å². The van der Waals surface area contributed by atoms with Crippen molar-refractivity contribution in [1.82, 2.24) is 10.2 Å². The van der Waals surface area contributed by atoms with Crippen LogP contribution in [0.1, 0.15) is 12.5 Å². The monoisotopic (exact) mass is 298 g/mol. The Morgan fingerprint density at radius 2 is 1.86 bits per heavy atom. The van der Waals surface area contributed by atoms with Gasteiger partial charge in [-0.2, -0.15) is 0 Å². The third kappa shape index (κ3) is 2.33. The van der Waals surface area contributed by atoms with E-state index in [2.05, 4.69) is 5.32 Å². The summed E-state index contributed by atoms with van der Waals surface area (Å²) in [6, 6.07) is 13.4. The Labute approximate surface area is 128 Å². The zero-order valence-electron chi connectivity index (χ0n) is 12.6. The molecule has 0 aromatic heterocycles. The molecule has 0 aliphatic carbocycles. The van der Waals surface area contributed by atoms with Gasteiger partial charge in [0, 0.05) is 7.11 Å². The first-order valence-corrected chi connectivity index (χ1v) is 7.15. The van der Waals surface area contributed by atoms with Crippen LogP contribution in [0, 0.1) is 0 Å². The number of carbonyl (C=O) groups is 2. The summed E-state index contributed by atoms with van der Waals surface area (Å²) in [5.41, 5.74) is -0.0422. The minimum Gasteiger partial charge on any atom is -0.382 e. The van der Waals surface area contributed by atoms with Gasteiger partial charge in [0.2, 0.25) is 0 Å². The highest BCUT2D eigenvalue weighted by Gasteiger charge is 2.47. The molecule has 5 nitrogen and oxygen atoms in total. The van der Waals surface area contributed by atoms with Crippen LogP contribution in [0.2, 0.25) is 0 Å². The molecule has 3 amide bonds. The van der Waals surface area contributed by atoms with Crippen LogP contribution >= 0.6 is 0 Å². The van der Waals surface area contributed by atoms with E-state index in [1.807, 2.05) is 42.5 Å². The van der Waals surface area contributed by atoms with E-state index >= 15 is 0 Å². The number of nitrogens with zero attached hydrogens (tertiary/aromatic N) is 1. The molecule has 3 rings (SSSR count). The van der Waals surface area contributed by atoms with Gasteiger partial charge >= 0.3 is 6.03 Å². The smallest absolute Gasteiger partial charge is 0.325 e. The van der Waals surface area contributed by atoms with Gasteiger partial charge in [-0.05, 0) is 23.3 Å². The van der Waals surface area contributed by atoms with Crippen molar-refractivity contribution in [3.63, 3.8) is 0 Å². The first kappa shape index (κ1) is 14.5. The Hall–Kier alpha value is -2.40. The number of benzene rings is 2. The molecular formula is C17H18N2O3. The fourth-order valence-electron chi connectivity index (χ4n) is 2.88. The van der Waals surface area contributed by atoms with Crippen molar-refractivity contribution in [2.75, 3.05) is 13.7 Å². The number of amides is 3. The Balaban J connectivity index is 1.92. The highest BCUT2D eigenvalue weighted by atomic mass is 16.5. The summed E-state index contributed by atoms with van der Waals surface area (Å²) in [4.78, 5) is 25.9. The summed E-state index contributed by atoms with van der Waals surface area (Å²) in [6.07, 6.45) is 0. The van der Waals surface area contributed by atoms with Gasteiger partial charge in [0.1, 0.15) is 5.54 Å². The summed E-state index contributed by atoms with van der Waals surface area (Å²) in [5.74, 6) is -0.257. The van der Waals surface area contributed by atoms with Crippen LogP contribution in [0.15, 0.2) is 42.5 Å². The van der Waals surface area contributed by atoms with Gasteiger partial charge < -0.3 is 10.1 Å². The van der Waals surface area contributed by atoms with Gasteiger partial charge in [0.15, 0.2) is 0 Å². The second-order valence-electron chi connectivity index (χ2n) is 5.72. The maximum Gasteiger partial charge on any atom is 0.325 e. The molecule has 0 saturated carbocycles. The number of urea groups is 1. The van der Waals surface area contributed by atoms with Gasteiger partial charge in [-0.1, -0.05) is 42.5 Å². The molecule has 2 aromatic carbocycles. The van der Waals surface area contributed by atoms with E-state index in [0.717, 1.165) is 16.3 Å². The molecule has 1 saturated heterocycles. The average Bonchev–Trinajstić information content (AvgIpc) is 2.71. The largest absolute Gasteiger partial charge is 0.382 e. The van der Waals surface area contributed by atoms with Gasteiger partial charge in [-0.3, -0.25) is 9.69 Å².